The molecule has 0 heterocycles. The Hall–Kier alpha value is -0.630. The van der Waals surface area contributed by atoms with Crippen LogP contribution >= 0.6 is 11.6 Å². The summed E-state index contributed by atoms with van der Waals surface area (Å²) in [4.78, 5) is 0. The molecule has 2 fully saturated rings. The molecule has 0 atom stereocenters. The van der Waals surface area contributed by atoms with Crippen molar-refractivity contribution < 1.29 is 8.78 Å². The van der Waals surface area contributed by atoms with Crippen molar-refractivity contribution in [3.63, 3.8) is 0 Å². The largest absolute Gasteiger partial charge is 0.205 e. The van der Waals surface area contributed by atoms with E-state index in [1.54, 1.807) is 0 Å². The van der Waals surface area contributed by atoms with Crippen LogP contribution in [0.5, 0.6) is 0 Å². The number of unbranched alkanes of at least 4 members (excludes halogenated alkanes) is 2. The normalized spacial score (nSPS) is 27.9. The Kier molecular flexibility index (Phi) is 9.28. The summed E-state index contributed by atoms with van der Waals surface area (Å²) >= 11 is 5.62. The van der Waals surface area contributed by atoms with Crippen molar-refractivity contribution in [3.8, 4) is 0 Å². The van der Waals surface area contributed by atoms with Gasteiger partial charge < -0.3 is 0 Å². The smallest absolute Gasteiger partial charge is 0.145 e. The fourth-order valence-corrected chi connectivity index (χ4v) is 5.89. The Morgan fingerprint density at radius 3 is 1.66 bits per heavy atom. The SMILES string of the molecule is CCCCCC1CCC(CCCC2CCC(c3cc(F)c(Cl)c(F)c3)CC2)CC1. The van der Waals surface area contributed by atoms with Crippen molar-refractivity contribution in [1.29, 1.82) is 0 Å². The van der Waals surface area contributed by atoms with E-state index >= 15 is 0 Å². The van der Waals surface area contributed by atoms with E-state index in [9.17, 15) is 8.78 Å². The molecule has 0 aliphatic heterocycles. The summed E-state index contributed by atoms with van der Waals surface area (Å²) in [6.07, 6.45) is 20.1. The standard InChI is InChI=1S/C26H39ClF2/c1-2-3-4-6-19-9-11-20(12-10-19)7-5-8-21-13-15-22(16-14-21)23-17-24(28)26(27)25(29)18-23/h17-22H,2-16H2,1H3. The Balaban J connectivity index is 1.31. The minimum atomic E-state index is -0.621. The molecule has 0 radical (unpaired) electrons. The molecule has 0 spiro atoms. The fourth-order valence-electron chi connectivity index (χ4n) is 5.78. The quantitative estimate of drug-likeness (QED) is 0.273. The first-order chi connectivity index (χ1) is 14.1. The lowest BCUT2D eigenvalue weighted by Crippen LogP contribution is -2.16. The summed E-state index contributed by atoms with van der Waals surface area (Å²) in [7, 11) is 0. The number of hydrogen-bond donors (Lipinski definition) is 0. The summed E-state index contributed by atoms with van der Waals surface area (Å²) in [6, 6.07) is 2.88. The molecule has 0 aromatic heterocycles. The Bertz CT molecular complexity index is 590. The van der Waals surface area contributed by atoms with Crippen molar-refractivity contribution >= 4 is 11.6 Å². The number of benzene rings is 1. The van der Waals surface area contributed by atoms with Crippen LogP contribution in [0.3, 0.4) is 0 Å². The third-order valence-electron chi connectivity index (χ3n) is 7.73. The fraction of sp³-hybridized carbons (Fsp3) is 0.769. The van der Waals surface area contributed by atoms with Crippen LogP contribution in [-0.2, 0) is 0 Å². The summed E-state index contributed by atoms with van der Waals surface area (Å²) in [5.41, 5.74) is 0.790. The zero-order valence-electron chi connectivity index (χ0n) is 18.2. The highest BCUT2D eigenvalue weighted by Gasteiger charge is 2.25. The van der Waals surface area contributed by atoms with Gasteiger partial charge in [0.1, 0.15) is 16.7 Å². The van der Waals surface area contributed by atoms with Crippen LogP contribution in [0.15, 0.2) is 12.1 Å². The zero-order chi connectivity index (χ0) is 20.6. The monoisotopic (exact) mass is 424 g/mol. The van der Waals surface area contributed by atoms with Gasteiger partial charge in [-0.3, -0.25) is 0 Å². The van der Waals surface area contributed by atoms with E-state index in [0.29, 0.717) is 0 Å². The van der Waals surface area contributed by atoms with Gasteiger partial charge in [-0.25, -0.2) is 8.78 Å². The molecule has 0 N–H and O–H groups in total. The van der Waals surface area contributed by atoms with Crippen LogP contribution in [0.2, 0.25) is 5.02 Å². The number of rotatable bonds is 9. The van der Waals surface area contributed by atoms with Gasteiger partial charge in [-0.1, -0.05) is 89.2 Å². The molecule has 0 nitrogen and oxygen atoms in total. The lowest BCUT2D eigenvalue weighted by atomic mass is 9.75. The van der Waals surface area contributed by atoms with Gasteiger partial charge in [-0.2, -0.15) is 0 Å². The molecule has 2 aliphatic rings. The molecule has 2 saturated carbocycles. The molecule has 29 heavy (non-hydrogen) atoms. The van der Waals surface area contributed by atoms with Gasteiger partial charge in [0.05, 0.1) is 0 Å². The molecule has 164 valence electrons. The highest BCUT2D eigenvalue weighted by Crippen LogP contribution is 2.40. The lowest BCUT2D eigenvalue weighted by molar-refractivity contribution is 0.234. The Morgan fingerprint density at radius 2 is 1.17 bits per heavy atom. The summed E-state index contributed by atoms with van der Waals surface area (Å²) < 4.78 is 27.5. The highest BCUT2D eigenvalue weighted by molar-refractivity contribution is 6.30. The predicted octanol–water partition coefficient (Wildman–Crippen LogP) is 9.45. The maximum atomic E-state index is 13.7. The summed E-state index contributed by atoms with van der Waals surface area (Å²) in [6.45, 7) is 2.29. The Labute approximate surface area is 181 Å². The molecule has 0 amide bonds. The van der Waals surface area contributed by atoms with E-state index in [1.165, 1.54) is 95.6 Å². The van der Waals surface area contributed by atoms with Crippen molar-refractivity contribution in [3.05, 3.63) is 34.4 Å². The second-order valence-electron chi connectivity index (χ2n) is 9.83. The average molecular weight is 425 g/mol. The zero-order valence-corrected chi connectivity index (χ0v) is 19.0. The maximum Gasteiger partial charge on any atom is 0.145 e. The van der Waals surface area contributed by atoms with Gasteiger partial charge in [0.15, 0.2) is 0 Å². The van der Waals surface area contributed by atoms with Crippen molar-refractivity contribution in [2.45, 2.75) is 109 Å². The topological polar surface area (TPSA) is 0 Å². The van der Waals surface area contributed by atoms with E-state index in [4.69, 9.17) is 11.6 Å². The molecule has 1 aromatic rings. The molecule has 2 aliphatic carbocycles. The van der Waals surface area contributed by atoms with E-state index in [-0.39, 0.29) is 10.9 Å². The van der Waals surface area contributed by atoms with Gasteiger partial charge in [-0.05, 0) is 67.1 Å². The van der Waals surface area contributed by atoms with Crippen molar-refractivity contribution in [1.82, 2.24) is 0 Å². The van der Waals surface area contributed by atoms with Gasteiger partial charge in [0.25, 0.3) is 0 Å². The van der Waals surface area contributed by atoms with Crippen LogP contribution < -0.4 is 0 Å². The minimum absolute atomic E-state index is 0.288. The molecule has 3 heteroatoms. The molecule has 0 bridgehead atoms. The first-order valence-electron chi connectivity index (χ1n) is 12.2. The highest BCUT2D eigenvalue weighted by atomic mass is 35.5. The molecule has 1 aromatic carbocycles. The second kappa shape index (κ2) is 11.7. The number of halogens is 3. The van der Waals surface area contributed by atoms with Gasteiger partial charge in [0, 0.05) is 0 Å². The predicted molar refractivity (Wildman–Crippen MR) is 120 cm³/mol. The van der Waals surface area contributed by atoms with Crippen LogP contribution in [0.25, 0.3) is 0 Å². The minimum Gasteiger partial charge on any atom is -0.205 e. The van der Waals surface area contributed by atoms with E-state index < -0.39 is 11.6 Å². The van der Waals surface area contributed by atoms with E-state index in [1.807, 2.05) is 0 Å². The summed E-state index contributed by atoms with van der Waals surface area (Å²) in [5, 5.41) is -0.377. The second-order valence-corrected chi connectivity index (χ2v) is 10.2. The van der Waals surface area contributed by atoms with E-state index in [0.717, 1.165) is 36.2 Å². The molecular formula is C26H39ClF2. The molecule has 0 unspecified atom stereocenters. The van der Waals surface area contributed by atoms with Crippen LogP contribution in [0.4, 0.5) is 8.78 Å². The molecular weight excluding hydrogens is 386 g/mol. The van der Waals surface area contributed by atoms with Crippen molar-refractivity contribution in [2.24, 2.45) is 17.8 Å². The average Bonchev–Trinajstić information content (AvgIpc) is 2.73. The third-order valence-corrected chi connectivity index (χ3v) is 8.09. The molecule has 3 rings (SSSR count). The van der Waals surface area contributed by atoms with Gasteiger partial charge in [-0.15, -0.1) is 0 Å². The van der Waals surface area contributed by atoms with Crippen LogP contribution in [-0.4, -0.2) is 0 Å². The summed E-state index contributed by atoms with van der Waals surface area (Å²) in [5.74, 6) is 1.83. The molecule has 0 saturated heterocycles. The van der Waals surface area contributed by atoms with Crippen LogP contribution in [0, 0.1) is 29.4 Å². The first-order valence-corrected chi connectivity index (χ1v) is 12.6. The van der Waals surface area contributed by atoms with Crippen LogP contribution in [0.1, 0.15) is 115 Å². The maximum absolute atomic E-state index is 13.7. The van der Waals surface area contributed by atoms with Gasteiger partial charge >= 0.3 is 0 Å². The number of hydrogen-bond acceptors (Lipinski definition) is 0. The van der Waals surface area contributed by atoms with Crippen molar-refractivity contribution in [2.75, 3.05) is 0 Å². The third kappa shape index (κ3) is 6.94. The van der Waals surface area contributed by atoms with Gasteiger partial charge in [0.2, 0.25) is 0 Å². The first kappa shape index (κ1) is 23.0. The lowest BCUT2D eigenvalue weighted by Gasteiger charge is -2.31. The van der Waals surface area contributed by atoms with E-state index in [2.05, 4.69) is 6.92 Å². The Morgan fingerprint density at radius 1 is 0.724 bits per heavy atom.